The van der Waals surface area contributed by atoms with Gasteiger partial charge in [0.2, 0.25) is 11.7 Å². The Morgan fingerprint density at radius 2 is 2.00 bits per heavy atom. The molecule has 0 bridgehead atoms. The monoisotopic (exact) mass is 362 g/mol. The highest BCUT2D eigenvalue weighted by molar-refractivity contribution is 9.10. The Morgan fingerprint density at radius 1 is 1.23 bits per heavy atom. The van der Waals surface area contributed by atoms with E-state index in [0.717, 1.165) is 16.5 Å². The first-order valence-electron chi connectivity index (χ1n) is 6.95. The van der Waals surface area contributed by atoms with Crippen LogP contribution in [0.4, 0.5) is 0 Å². The minimum absolute atomic E-state index is 0.338. The first-order chi connectivity index (χ1) is 10.6. The second-order valence-corrected chi connectivity index (χ2v) is 6.27. The van der Waals surface area contributed by atoms with Gasteiger partial charge in [0.05, 0.1) is 0 Å². The van der Waals surface area contributed by atoms with Gasteiger partial charge >= 0.3 is 0 Å². The molecule has 0 N–H and O–H groups in total. The van der Waals surface area contributed by atoms with Gasteiger partial charge in [-0.25, -0.2) is 0 Å². The number of benzene rings is 1. The summed E-state index contributed by atoms with van der Waals surface area (Å²) in [5.41, 5.74) is 0.906. The molecule has 0 unspecified atom stereocenters. The van der Waals surface area contributed by atoms with Crippen molar-refractivity contribution in [3.8, 4) is 11.4 Å². The van der Waals surface area contributed by atoms with Crippen molar-refractivity contribution in [1.29, 1.82) is 0 Å². The summed E-state index contributed by atoms with van der Waals surface area (Å²) in [6.45, 7) is 4.55. The van der Waals surface area contributed by atoms with Crippen LogP contribution < -0.4 is 0 Å². The lowest BCUT2D eigenvalue weighted by Crippen LogP contribution is -2.06. The van der Waals surface area contributed by atoms with Crippen molar-refractivity contribution in [3.05, 3.63) is 40.5 Å². The highest BCUT2D eigenvalue weighted by Crippen LogP contribution is 2.17. The number of hydrogen-bond acceptors (Lipinski definition) is 6. The second kappa shape index (κ2) is 6.35. The van der Waals surface area contributed by atoms with Gasteiger partial charge in [-0.3, -0.25) is 0 Å². The molecule has 2 aromatic heterocycles. The average Bonchev–Trinajstić information content (AvgIpc) is 3.09. The molecule has 8 heteroatoms. The van der Waals surface area contributed by atoms with E-state index in [4.69, 9.17) is 4.52 Å². The van der Waals surface area contributed by atoms with Crippen molar-refractivity contribution in [3.63, 3.8) is 0 Å². The van der Waals surface area contributed by atoms with Gasteiger partial charge in [-0.1, -0.05) is 34.9 Å². The summed E-state index contributed by atoms with van der Waals surface area (Å²) in [4.78, 5) is 5.79. The maximum atomic E-state index is 5.20. The Kier molecular flexibility index (Phi) is 4.28. The van der Waals surface area contributed by atoms with Gasteiger partial charge in [-0.05, 0) is 35.4 Å². The molecule has 0 saturated carbocycles. The van der Waals surface area contributed by atoms with Gasteiger partial charge in [0, 0.05) is 16.5 Å². The Balaban J connectivity index is 1.71. The lowest BCUT2D eigenvalue weighted by atomic mass is 10.1. The zero-order chi connectivity index (χ0) is 15.5. The fourth-order valence-electron chi connectivity index (χ4n) is 1.94. The maximum Gasteiger partial charge on any atom is 0.226 e. The largest absolute Gasteiger partial charge is 0.339 e. The average molecular weight is 363 g/mol. The summed E-state index contributed by atoms with van der Waals surface area (Å²) in [6.07, 6.45) is 0.766. The van der Waals surface area contributed by atoms with E-state index in [-0.39, 0.29) is 0 Å². The molecule has 0 aliphatic rings. The molecule has 0 spiro atoms. The van der Waals surface area contributed by atoms with Crippen molar-refractivity contribution >= 4 is 15.9 Å². The molecule has 114 valence electrons. The predicted octanol–water partition coefficient (Wildman–Crippen LogP) is 2.73. The lowest BCUT2D eigenvalue weighted by Gasteiger charge is -1.96. The highest BCUT2D eigenvalue weighted by Gasteiger charge is 2.11. The Bertz CT molecular complexity index is 749. The number of rotatable bonds is 5. The first-order valence-corrected chi connectivity index (χ1v) is 7.74. The molecule has 2 heterocycles. The number of nitrogens with zero attached hydrogens (tertiary/aromatic N) is 6. The molecular weight excluding hydrogens is 348 g/mol. The number of halogens is 1. The Morgan fingerprint density at radius 3 is 2.73 bits per heavy atom. The van der Waals surface area contributed by atoms with Crippen molar-refractivity contribution < 1.29 is 4.52 Å². The van der Waals surface area contributed by atoms with Crippen LogP contribution >= 0.6 is 15.9 Å². The van der Waals surface area contributed by atoms with Crippen LogP contribution in [-0.4, -0.2) is 30.3 Å². The summed E-state index contributed by atoms with van der Waals surface area (Å²) in [5.74, 6) is 2.23. The molecule has 0 amide bonds. The third kappa shape index (κ3) is 3.56. The lowest BCUT2D eigenvalue weighted by molar-refractivity contribution is 0.356. The van der Waals surface area contributed by atoms with Crippen LogP contribution in [0.1, 0.15) is 25.6 Å². The third-order valence-electron chi connectivity index (χ3n) is 2.93. The molecule has 0 fully saturated rings. The smallest absolute Gasteiger partial charge is 0.226 e. The summed E-state index contributed by atoms with van der Waals surface area (Å²) >= 11 is 3.40. The van der Waals surface area contributed by atoms with Crippen molar-refractivity contribution in [2.24, 2.45) is 5.92 Å². The predicted molar refractivity (Wildman–Crippen MR) is 82.9 cm³/mol. The van der Waals surface area contributed by atoms with Crippen molar-refractivity contribution in [2.75, 3.05) is 0 Å². The molecule has 0 radical (unpaired) electrons. The van der Waals surface area contributed by atoms with Crippen LogP contribution in [0, 0.1) is 5.92 Å². The highest BCUT2D eigenvalue weighted by atomic mass is 79.9. The molecule has 3 aromatic rings. The zero-order valence-electron chi connectivity index (χ0n) is 12.3. The number of hydrogen-bond donors (Lipinski definition) is 0. The maximum absolute atomic E-state index is 5.20. The van der Waals surface area contributed by atoms with E-state index < -0.39 is 0 Å². The third-order valence-corrected chi connectivity index (χ3v) is 3.46. The minimum Gasteiger partial charge on any atom is -0.339 e. The molecular formula is C14H15BrN6O. The fourth-order valence-corrected chi connectivity index (χ4v) is 2.20. The molecule has 1 aromatic carbocycles. The second-order valence-electron chi connectivity index (χ2n) is 5.35. The topological polar surface area (TPSA) is 82.5 Å². The molecule has 0 saturated heterocycles. The van der Waals surface area contributed by atoms with E-state index in [1.54, 1.807) is 0 Å². The molecule has 3 rings (SSSR count). The molecule has 0 aliphatic heterocycles. The standard InChI is InChI=1S/C14H15BrN6O/c1-9(2)7-13-16-12(19-22-13)8-21-18-14(17-20-21)10-3-5-11(15)6-4-10/h3-6,9H,7-8H2,1-2H3. The molecule has 7 nitrogen and oxygen atoms in total. The summed E-state index contributed by atoms with van der Waals surface area (Å²) in [6, 6.07) is 7.74. The van der Waals surface area contributed by atoms with Crippen LogP contribution in [0.3, 0.4) is 0 Å². The van der Waals surface area contributed by atoms with Crippen LogP contribution in [0.25, 0.3) is 11.4 Å². The fraction of sp³-hybridized carbons (Fsp3) is 0.357. The van der Waals surface area contributed by atoms with Crippen molar-refractivity contribution in [1.82, 2.24) is 30.3 Å². The number of tetrazole rings is 1. The molecule has 22 heavy (non-hydrogen) atoms. The zero-order valence-corrected chi connectivity index (χ0v) is 13.9. The Labute approximate surface area is 135 Å². The van der Waals surface area contributed by atoms with Crippen LogP contribution in [0.5, 0.6) is 0 Å². The first kappa shape index (κ1) is 14.8. The number of aromatic nitrogens is 6. The van der Waals surface area contributed by atoms with E-state index in [1.807, 2.05) is 24.3 Å². The van der Waals surface area contributed by atoms with E-state index in [0.29, 0.717) is 30.0 Å². The van der Waals surface area contributed by atoms with Gasteiger partial charge < -0.3 is 4.52 Å². The summed E-state index contributed by atoms with van der Waals surface area (Å²) in [5, 5.41) is 16.3. The molecule has 0 atom stereocenters. The van der Waals surface area contributed by atoms with E-state index in [9.17, 15) is 0 Å². The minimum atomic E-state index is 0.338. The van der Waals surface area contributed by atoms with Crippen LogP contribution in [-0.2, 0) is 13.0 Å². The summed E-state index contributed by atoms with van der Waals surface area (Å²) < 4.78 is 6.20. The van der Waals surface area contributed by atoms with Gasteiger partial charge in [0.1, 0.15) is 6.54 Å². The SMILES string of the molecule is CC(C)Cc1nc(Cn2nnc(-c3ccc(Br)cc3)n2)no1. The van der Waals surface area contributed by atoms with E-state index in [2.05, 4.69) is 55.3 Å². The Hall–Kier alpha value is -2.09. The van der Waals surface area contributed by atoms with Gasteiger partial charge in [0.25, 0.3) is 0 Å². The van der Waals surface area contributed by atoms with Gasteiger partial charge in [0.15, 0.2) is 5.82 Å². The normalized spacial score (nSPS) is 11.3. The van der Waals surface area contributed by atoms with Crippen LogP contribution in [0.2, 0.25) is 0 Å². The van der Waals surface area contributed by atoms with E-state index >= 15 is 0 Å². The van der Waals surface area contributed by atoms with Gasteiger partial charge in [-0.2, -0.15) is 9.78 Å². The molecule has 0 aliphatic carbocycles. The quantitative estimate of drug-likeness (QED) is 0.693. The van der Waals surface area contributed by atoms with Crippen LogP contribution in [0.15, 0.2) is 33.3 Å². The summed E-state index contributed by atoms with van der Waals surface area (Å²) in [7, 11) is 0. The van der Waals surface area contributed by atoms with Gasteiger partial charge in [-0.15, -0.1) is 10.2 Å². The van der Waals surface area contributed by atoms with Crippen molar-refractivity contribution in [2.45, 2.75) is 26.8 Å². The van der Waals surface area contributed by atoms with E-state index in [1.165, 1.54) is 4.80 Å².